The van der Waals surface area contributed by atoms with Crippen molar-refractivity contribution in [3.05, 3.63) is 23.9 Å². The molecule has 1 saturated heterocycles. The molecule has 130 valence electrons. The summed E-state index contributed by atoms with van der Waals surface area (Å²) >= 11 is 0. The normalized spacial score (nSPS) is 19.8. The number of fused-ring (bicyclic) bond motifs is 1. The SMILES string of the molecule is CC(C)(C)OC(=O)N1CCC2(CC1)CNc1ncccc1C(=O)N2. The van der Waals surface area contributed by atoms with Crippen molar-refractivity contribution in [1.29, 1.82) is 0 Å². The van der Waals surface area contributed by atoms with Gasteiger partial charge in [-0.05, 0) is 45.7 Å². The van der Waals surface area contributed by atoms with E-state index >= 15 is 0 Å². The summed E-state index contributed by atoms with van der Waals surface area (Å²) in [6, 6.07) is 3.52. The highest BCUT2D eigenvalue weighted by atomic mass is 16.6. The molecule has 1 aromatic heterocycles. The maximum atomic E-state index is 12.5. The van der Waals surface area contributed by atoms with Crippen LogP contribution in [0.2, 0.25) is 0 Å². The molecule has 1 spiro atoms. The number of ether oxygens (including phenoxy) is 1. The quantitative estimate of drug-likeness (QED) is 0.759. The van der Waals surface area contributed by atoms with Gasteiger partial charge in [0.1, 0.15) is 11.4 Å². The fourth-order valence-electron chi connectivity index (χ4n) is 3.08. The van der Waals surface area contributed by atoms with Gasteiger partial charge >= 0.3 is 6.09 Å². The number of hydrogen-bond donors (Lipinski definition) is 2. The first-order chi connectivity index (χ1) is 11.3. The lowest BCUT2D eigenvalue weighted by molar-refractivity contribution is 0.0157. The van der Waals surface area contributed by atoms with Crippen LogP contribution in [0.25, 0.3) is 0 Å². The molecule has 2 N–H and O–H groups in total. The Bertz CT molecular complexity index is 645. The average Bonchev–Trinajstić information content (AvgIpc) is 2.64. The molecule has 1 aromatic rings. The largest absolute Gasteiger partial charge is 0.444 e. The number of rotatable bonds is 0. The van der Waals surface area contributed by atoms with Crippen LogP contribution in [-0.4, -0.2) is 52.7 Å². The Morgan fingerprint density at radius 3 is 2.71 bits per heavy atom. The van der Waals surface area contributed by atoms with Crippen molar-refractivity contribution in [2.45, 2.75) is 44.8 Å². The average molecular weight is 332 g/mol. The third-order valence-electron chi connectivity index (χ3n) is 4.40. The van der Waals surface area contributed by atoms with Gasteiger partial charge in [0.05, 0.1) is 11.1 Å². The number of aromatic nitrogens is 1. The Morgan fingerprint density at radius 1 is 1.33 bits per heavy atom. The van der Waals surface area contributed by atoms with Crippen molar-refractivity contribution in [3.8, 4) is 0 Å². The second-order valence-electron chi connectivity index (χ2n) is 7.45. The van der Waals surface area contributed by atoms with Gasteiger partial charge in [-0.2, -0.15) is 0 Å². The predicted molar refractivity (Wildman–Crippen MR) is 90.0 cm³/mol. The van der Waals surface area contributed by atoms with Crippen LogP contribution in [0.4, 0.5) is 10.6 Å². The summed E-state index contributed by atoms with van der Waals surface area (Å²) < 4.78 is 5.42. The number of pyridine rings is 1. The van der Waals surface area contributed by atoms with Crippen molar-refractivity contribution >= 4 is 17.8 Å². The van der Waals surface area contributed by atoms with Crippen LogP contribution in [0.15, 0.2) is 18.3 Å². The number of carbonyl (C=O) groups excluding carboxylic acids is 2. The Morgan fingerprint density at radius 2 is 2.04 bits per heavy atom. The minimum absolute atomic E-state index is 0.117. The molecule has 24 heavy (non-hydrogen) atoms. The van der Waals surface area contributed by atoms with Gasteiger partial charge in [0.25, 0.3) is 5.91 Å². The molecule has 0 radical (unpaired) electrons. The number of likely N-dealkylation sites (tertiary alicyclic amines) is 1. The van der Waals surface area contributed by atoms with Gasteiger partial charge in [-0.1, -0.05) is 0 Å². The molecule has 2 aliphatic heterocycles. The Hall–Kier alpha value is -2.31. The number of nitrogens with one attached hydrogen (secondary N) is 2. The van der Waals surface area contributed by atoms with E-state index in [0.29, 0.717) is 43.9 Å². The number of hydrogen-bond acceptors (Lipinski definition) is 5. The van der Waals surface area contributed by atoms with E-state index in [9.17, 15) is 9.59 Å². The summed E-state index contributed by atoms with van der Waals surface area (Å²) in [6.45, 7) is 7.29. The lowest BCUT2D eigenvalue weighted by Gasteiger charge is -2.41. The molecular weight excluding hydrogens is 308 g/mol. The van der Waals surface area contributed by atoms with Gasteiger partial charge in [0.2, 0.25) is 0 Å². The van der Waals surface area contributed by atoms with Gasteiger partial charge in [-0.3, -0.25) is 4.79 Å². The molecule has 7 heteroatoms. The van der Waals surface area contributed by atoms with E-state index in [-0.39, 0.29) is 17.5 Å². The molecule has 2 aliphatic rings. The lowest BCUT2D eigenvalue weighted by atomic mass is 9.87. The fraction of sp³-hybridized carbons (Fsp3) is 0.588. The molecule has 0 unspecified atom stereocenters. The van der Waals surface area contributed by atoms with Gasteiger partial charge in [-0.15, -0.1) is 0 Å². The zero-order valence-electron chi connectivity index (χ0n) is 14.4. The molecule has 0 saturated carbocycles. The molecule has 0 bridgehead atoms. The van der Waals surface area contributed by atoms with Gasteiger partial charge in [0, 0.05) is 25.8 Å². The number of carbonyl (C=O) groups is 2. The summed E-state index contributed by atoms with van der Waals surface area (Å²) in [6.07, 6.45) is 2.73. The van der Waals surface area contributed by atoms with Gasteiger partial charge in [0.15, 0.2) is 0 Å². The molecule has 3 rings (SSSR count). The first-order valence-corrected chi connectivity index (χ1v) is 8.27. The maximum Gasteiger partial charge on any atom is 0.410 e. The first kappa shape index (κ1) is 16.5. The van der Waals surface area contributed by atoms with Crippen LogP contribution in [-0.2, 0) is 4.74 Å². The summed E-state index contributed by atoms with van der Waals surface area (Å²) in [4.78, 5) is 30.6. The molecule has 0 aliphatic carbocycles. The van der Waals surface area contributed by atoms with E-state index in [1.54, 1.807) is 23.2 Å². The maximum absolute atomic E-state index is 12.5. The minimum Gasteiger partial charge on any atom is -0.444 e. The van der Waals surface area contributed by atoms with E-state index in [2.05, 4.69) is 15.6 Å². The smallest absolute Gasteiger partial charge is 0.410 e. The van der Waals surface area contributed by atoms with E-state index in [4.69, 9.17) is 4.74 Å². The number of nitrogens with zero attached hydrogens (tertiary/aromatic N) is 2. The molecule has 0 atom stereocenters. The summed E-state index contributed by atoms with van der Waals surface area (Å²) in [5.74, 6) is 0.496. The molecule has 7 nitrogen and oxygen atoms in total. The minimum atomic E-state index is -0.502. The highest BCUT2D eigenvalue weighted by molar-refractivity contribution is 5.99. The lowest BCUT2D eigenvalue weighted by Crippen LogP contribution is -2.58. The summed E-state index contributed by atoms with van der Waals surface area (Å²) in [5, 5.41) is 6.41. The Labute approximate surface area is 141 Å². The third kappa shape index (κ3) is 3.44. The Kier molecular flexibility index (Phi) is 4.11. The topological polar surface area (TPSA) is 83.6 Å². The molecule has 0 aromatic carbocycles. The van der Waals surface area contributed by atoms with Crippen LogP contribution in [0.5, 0.6) is 0 Å². The van der Waals surface area contributed by atoms with Crippen LogP contribution in [0.3, 0.4) is 0 Å². The molecular formula is C17H24N4O3. The molecule has 2 amide bonds. The zero-order valence-corrected chi connectivity index (χ0v) is 14.4. The van der Waals surface area contributed by atoms with Gasteiger partial charge in [-0.25, -0.2) is 9.78 Å². The second-order valence-corrected chi connectivity index (χ2v) is 7.45. The first-order valence-electron chi connectivity index (χ1n) is 8.27. The third-order valence-corrected chi connectivity index (χ3v) is 4.40. The van der Waals surface area contributed by atoms with E-state index < -0.39 is 5.60 Å². The van der Waals surface area contributed by atoms with Crippen molar-refractivity contribution in [2.75, 3.05) is 25.0 Å². The van der Waals surface area contributed by atoms with E-state index in [0.717, 1.165) is 0 Å². The van der Waals surface area contributed by atoms with Gasteiger partial charge < -0.3 is 20.3 Å². The van der Waals surface area contributed by atoms with Crippen molar-refractivity contribution in [1.82, 2.24) is 15.2 Å². The second kappa shape index (κ2) is 5.96. The van der Waals surface area contributed by atoms with Crippen LogP contribution in [0, 0.1) is 0 Å². The number of amides is 2. The number of piperidine rings is 1. The van der Waals surface area contributed by atoms with Crippen molar-refractivity contribution < 1.29 is 14.3 Å². The molecule has 1 fully saturated rings. The van der Waals surface area contributed by atoms with Crippen LogP contribution in [0.1, 0.15) is 44.0 Å². The van der Waals surface area contributed by atoms with Crippen LogP contribution >= 0.6 is 0 Å². The Balaban J connectivity index is 1.66. The standard InChI is InChI=1S/C17H24N4O3/c1-16(2,3)24-15(23)21-9-6-17(7-10-21)11-19-13-12(14(22)20-17)5-4-8-18-13/h4-5,8H,6-7,9-11H2,1-3H3,(H,18,19)(H,20,22). The van der Waals surface area contributed by atoms with E-state index in [1.807, 2.05) is 20.8 Å². The summed E-state index contributed by atoms with van der Waals surface area (Å²) in [5.41, 5.74) is -0.308. The highest BCUT2D eigenvalue weighted by Gasteiger charge is 2.40. The number of anilines is 1. The van der Waals surface area contributed by atoms with Crippen LogP contribution < -0.4 is 10.6 Å². The van der Waals surface area contributed by atoms with Crippen molar-refractivity contribution in [2.24, 2.45) is 0 Å². The fourth-order valence-corrected chi connectivity index (χ4v) is 3.08. The highest BCUT2D eigenvalue weighted by Crippen LogP contribution is 2.28. The monoisotopic (exact) mass is 332 g/mol. The zero-order chi connectivity index (χ0) is 17.4. The van der Waals surface area contributed by atoms with E-state index in [1.165, 1.54) is 0 Å². The summed E-state index contributed by atoms with van der Waals surface area (Å²) in [7, 11) is 0. The predicted octanol–water partition coefficient (Wildman–Crippen LogP) is 2.01. The molecule has 3 heterocycles. The van der Waals surface area contributed by atoms with Crippen molar-refractivity contribution in [3.63, 3.8) is 0 Å².